The fourth-order valence-electron chi connectivity index (χ4n) is 2.17. The second-order valence-corrected chi connectivity index (χ2v) is 5.45. The first-order chi connectivity index (χ1) is 11.8. The van der Waals surface area contributed by atoms with Crippen molar-refractivity contribution in [2.75, 3.05) is 13.6 Å². The second-order valence-electron chi connectivity index (χ2n) is 5.45. The highest BCUT2D eigenvalue weighted by Gasteiger charge is 2.29. The fraction of sp³-hybridized carbons (Fsp3) is 0.438. The minimum Gasteiger partial charge on any atom is -0.357 e. The molecule has 0 radical (unpaired) electrons. The van der Waals surface area contributed by atoms with Crippen molar-refractivity contribution in [2.24, 2.45) is 4.99 Å². The number of benzene rings is 1. The number of hydrogen-bond donors (Lipinski definition) is 1. The smallest absolute Gasteiger partial charge is 0.357 e. The Hall–Kier alpha value is -1.85. The quantitative estimate of drug-likeness (QED) is 0.400. The molecular weight excluding hydrogens is 462 g/mol. The maximum atomic E-state index is 12.6. The van der Waals surface area contributed by atoms with Gasteiger partial charge in [0.15, 0.2) is 11.8 Å². The maximum Gasteiger partial charge on any atom is 0.416 e. The summed E-state index contributed by atoms with van der Waals surface area (Å²) in [5.74, 6) is 1.54. The van der Waals surface area contributed by atoms with Gasteiger partial charge in [0, 0.05) is 27.1 Å². The van der Waals surface area contributed by atoms with Crippen molar-refractivity contribution in [1.29, 1.82) is 0 Å². The first-order valence-electron chi connectivity index (χ1n) is 7.74. The standard InChI is InChI=1S/C16H20F3N5O.HI/c1-4-20-15(21-9-14-22-11(2)25-23-14)24(3)10-12-5-7-13(8-6-12)16(17,18)19;/h5-8H,4,9-10H2,1-3H3,(H,20,21);1H. The zero-order valence-electron chi connectivity index (χ0n) is 14.7. The predicted octanol–water partition coefficient (Wildman–Crippen LogP) is 3.61. The molecule has 1 N–H and O–H groups in total. The molecule has 1 aromatic heterocycles. The van der Waals surface area contributed by atoms with Crippen molar-refractivity contribution in [3.8, 4) is 0 Å². The first kappa shape index (κ1) is 22.2. The second kappa shape index (κ2) is 9.74. The van der Waals surface area contributed by atoms with Crippen LogP contribution in [0.3, 0.4) is 0 Å². The van der Waals surface area contributed by atoms with Gasteiger partial charge in [-0.3, -0.25) is 0 Å². The molecule has 0 spiro atoms. The summed E-state index contributed by atoms with van der Waals surface area (Å²) in [5, 5.41) is 6.90. The topological polar surface area (TPSA) is 66.5 Å². The van der Waals surface area contributed by atoms with Crippen LogP contribution in [0.15, 0.2) is 33.8 Å². The van der Waals surface area contributed by atoms with E-state index in [4.69, 9.17) is 4.52 Å². The van der Waals surface area contributed by atoms with E-state index in [1.807, 2.05) is 11.8 Å². The summed E-state index contributed by atoms with van der Waals surface area (Å²) in [4.78, 5) is 10.3. The van der Waals surface area contributed by atoms with Crippen LogP contribution in [0.4, 0.5) is 13.2 Å². The molecule has 0 fully saturated rings. The Kier molecular flexibility index (Phi) is 8.31. The number of aryl methyl sites for hydroxylation is 1. The van der Waals surface area contributed by atoms with Gasteiger partial charge in [0.25, 0.3) is 0 Å². The minimum absolute atomic E-state index is 0. The average Bonchev–Trinajstić information content (AvgIpc) is 2.96. The third-order valence-electron chi connectivity index (χ3n) is 3.34. The molecule has 0 bridgehead atoms. The van der Waals surface area contributed by atoms with Gasteiger partial charge in [-0.15, -0.1) is 24.0 Å². The van der Waals surface area contributed by atoms with Crippen molar-refractivity contribution in [3.63, 3.8) is 0 Å². The van der Waals surface area contributed by atoms with Crippen LogP contribution >= 0.6 is 24.0 Å². The van der Waals surface area contributed by atoms with Gasteiger partial charge in [-0.05, 0) is 24.6 Å². The van der Waals surface area contributed by atoms with Crippen LogP contribution in [0.5, 0.6) is 0 Å². The largest absolute Gasteiger partial charge is 0.416 e. The Labute approximate surface area is 166 Å². The number of nitrogens with zero attached hydrogens (tertiary/aromatic N) is 4. The Morgan fingerprint density at radius 3 is 2.42 bits per heavy atom. The molecule has 26 heavy (non-hydrogen) atoms. The molecule has 0 atom stereocenters. The molecule has 0 amide bonds. The van der Waals surface area contributed by atoms with Crippen LogP contribution in [-0.4, -0.2) is 34.6 Å². The summed E-state index contributed by atoms with van der Waals surface area (Å²) in [6, 6.07) is 5.08. The van der Waals surface area contributed by atoms with Gasteiger partial charge in [0.2, 0.25) is 5.89 Å². The average molecular weight is 483 g/mol. The van der Waals surface area contributed by atoms with Gasteiger partial charge < -0.3 is 14.7 Å². The van der Waals surface area contributed by atoms with Crippen molar-refractivity contribution < 1.29 is 17.7 Å². The van der Waals surface area contributed by atoms with E-state index in [1.54, 1.807) is 14.0 Å². The highest BCUT2D eigenvalue weighted by molar-refractivity contribution is 14.0. The SMILES string of the molecule is CCNC(=NCc1noc(C)n1)N(C)Cc1ccc(C(F)(F)F)cc1.I. The summed E-state index contributed by atoms with van der Waals surface area (Å²) in [7, 11) is 1.81. The molecule has 2 aromatic rings. The number of guanidine groups is 1. The lowest BCUT2D eigenvalue weighted by Gasteiger charge is -2.22. The number of alkyl halides is 3. The summed E-state index contributed by atoms with van der Waals surface area (Å²) < 4.78 is 42.7. The summed E-state index contributed by atoms with van der Waals surface area (Å²) in [6.07, 6.45) is -4.33. The molecule has 0 aliphatic carbocycles. The Morgan fingerprint density at radius 2 is 1.92 bits per heavy atom. The zero-order chi connectivity index (χ0) is 18.4. The third kappa shape index (κ3) is 6.46. The fourth-order valence-corrected chi connectivity index (χ4v) is 2.17. The van der Waals surface area contributed by atoms with Crippen molar-refractivity contribution in [3.05, 3.63) is 47.1 Å². The maximum absolute atomic E-state index is 12.6. The Morgan fingerprint density at radius 1 is 1.27 bits per heavy atom. The molecule has 0 unspecified atom stereocenters. The van der Waals surface area contributed by atoms with Gasteiger partial charge in [-0.25, -0.2) is 4.99 Å². The van der Waals surface area contributed by atoms with Crippen LogP contribution in [0.1, 0.15) is 29.8 Å². The minimum atomic E-state index is -4.33. The van der Waals surface area contributed by atoms with E-state index in [1.165, 1.54) is 12.1 Å². The Bertz CT molecular complexity index is 715. The monoisotopic (exact) mass is 483 g/mol. The number of aliphatic imine (C=N–C) groups is 1. The lowest BCUT2D eigenvalue weighted by Crippen LogP contribution is -2.38. The molecule has 10 heteroatoms. The lowest BCUT2D eigenvalue weighted by atomic mass is 10.1. The molecule has 0 aliphatic heterocycles. The van der Waals surface area contributed by atoms with E-state index in [-0.39, 0.29) is 30.5 Å². The molecule has 2 rings (SSSR count). The summed E-state index contributed by atoms with van der Waals surface area (Å²) >= 11 is 0. The first-order valence-corrected chi connectivity index (χ1v) is 7.74. The molecular formula is C16H21F3IN5O. The van der Waals surface area contributed by atoms with E-state index < -0.39 is 11.7 Å². The lowest BCUT2D eigenvalue weighted by molar-refractivity contribution is -0.137. The van der Waals surface area contributed by atoms with E-state index in [0.717, 1.165) is 17.7 Å². The molecule has 1 aromatic carbocycles. The van der Waals surface area contributed by atoms with E-state index in [0.29, 0.717) is 30.8 Å². The molecule has 1 heterocycles. The number of hydrogen-bond acceptors (Lipinski definition) is 4. The van der Waals surface area contributed by atoms with Gasteiger partial charge in [-0.2, -0.15) is 18.2 Å². The Balaban J connectivity index is 0.00000338. The van der Waals surface area contributed by atoms with E-state index in [9.17, 15) is 13.2 Å². The molecule has 0 saturated carbocycles. The molecule has 0 aliphatic rings. The van der Waals surface area contributed by atoms with Crippen molar-refractivity contribution in [2.45, 2.75) is 33.1 Å². The molecule has 144 valence electrons. The van der Waals surface area contributed by atoms with E-state index >= 15 is 0 Å². The summed E-state index contributed by atoms with van der Waals surface area (Å²) in [5.41, 5.74) is 0.0865. The van der Waals surface area contributed by atoms with Crippen LogP contribution in [0, 0.1) is 6.92 Å². The van der Waals surface area contributed by atoms with Crippen molar-refractivity contribution in [1.82, 2.24) is 20.4 Å². The summed E-state index contributed by atoms with van der Waals surface area (Å²) in [6.45, 7) is 4.94. The predicted molar refractivity (Wildman–Crippen MR) is 102 cm³/mol. The molecule has 6 nitrogen and oxygen atoms in total. The highest BCUT2D eigenvalue weighted by Crippen LogP contribution is 2.29. The normalized spacial score (nSPS) is 11.8. The number of nitrogens with one attached hydrogen (secondary N) is 1. The highest BCUT2D eigenvalue weighted by atomic mass is 127. The van der Waals surface area contributed by atoms with Crippen LogP contribution < -0.4 is 5.32 Å². The third-order valence-corrected chi connectivity index (χ3v) is 3.34. The number of rotatable bonds is 5. The van der Waals surface area contributed by atoms with Gasteiger partial charge >= 0.3 is 6.18 Å². The zero-order valence-corrected chi connectivity index (χ0v) is 17.0. The van der Waals surface area contributed by atoms with E-state index in [2.05, 4.69) is 20.4 Å². The van der Waals surface area contributed by atoms with Crippen LogP contribution in [0.25, 0.3) is 0 Å². The van der Waals surface area contributed by atoms with Gasteiger partial charge in [0.1, 0.15) is 6.54 Å². The number of halogens is 4. The van der Waals surface area contributed by atoms with Gasteiger partial charge in [0.05, 0.1) is 5.56 Å². The van der Waals surface area contributed by atoms with Crippen LogP contribution in [0.2, 0.25) is 0 Å². The number of aromatic nitrogens is 2. The van der Waals surface area contributed by atoms with Crippen molar-refractivity contribution >= 4 is 29.9 Å². The van der Waals surface area contributed by atoms with Crippen LogP contribution in [-0.2, 0) is 19.3 Å². The van der Waals surface area contributed by atoms with Gasteiger partial charge in [-0.1, -0.05) is 17.3 Å². The molecule has 0 saturated heterocycles.